The van der Waals surface area contributed by atoms with Crippen LogP contribution in [0.25, 0.3) is 11.1 Å². The number of rotatable bonds is 10. The minimum atomic E-state index is -0.906. The smallest absolute Gasteiger partial charge is 0.489 e. The number of methoxy groups -OCH3 is 1. The number of nitrogens with zero attached hydrogens (tertiary/aromatic N) is 2. The van der Waals surface area contributed by atoms with Gasteiger partial charge in [0.15, 0.2) is 5.69 Å². The number of nitrogens with one attached hydrogen (secondary N) is 1. The number of carbonyl (C=O) groups excluding carboxylic acids is 1. The van der Waals surface area contributed by atoms with E-state index >= 15 is 0 Å². The van der Waals surface area contributed by atoms with Crippen molar-refractivity contribution in [1.29, 1.82) is 0 Å². The first-order chi connectivity index (χ1) is 17.4. The van der Waals surface area contributed by atoms with Crippen LogP contribution in [0.2, 0.25) is 0 Å². The summed E-state index contributed by atoms with van der Waals surface area (Å²) in [4.78, 5) is 38.1. The molecule has 0 atom stereocenters. The van der Waals surface area contributed by atoms with Crippen molar-refractivity contribution in [1.82, 2.24) is 15.0 Å². The molecular formula is C27H26N3NaO6. The molecule has 0 aliphatic rings. The molecule has 0 unspecified atom stereocenters. The molecule has 1 heterocycles. The van der Waals surface area contributed by atoms with Crippen LogP contribution >= 0.6 is 0 Å². The van der Waals surface area contributed by atoms with Crippen molar-refractivity contribution < 1.29 is 48.3 Å². The van der Waals surface area contributed by atoms with Crippen molar-refractivity contribution >= 4 is 5.91 Å². The molecule has 0 spiro atoms. The Balaban J connectivity index is 0.00000380. The summed E-state index contributed by atoms with van der Waals surface area (Å²) >= 11 is 0. The molecule has 0 saturated heterocycles. The molecule has 0 saturated carbocycles. The zero-order valence-corrected chi connectivity index (χ0v) is 23.0. The van der Waals surface area contributed by atoms with E-state index in [1.165, 1.54) is 0 Å². The van der Waals surface area contributed by atoms with Crippen molar-refractivity contribution in [2.75, 3.05) is 20.3 Å². The minimum absolute atomic E-state index is 0. The van der Waals surface area contributed by atoms with Gasteiger partial charge in [0, 0.05) is 25.8 Å². The van der Waals surface area contributed by atoms with E-state index in [4.69, 9.17) is 14.0 Å². The molecule has 0 fully saturated rings. The van der Waals surface area contributed by atoms with Crippen molar-refractivity contribution in [2.24, 2.45) is 0 Å². The predicted octanol–water partition coefficient (Wildman–Crippen LogP) is -0.258. The maximum atomic E-state index is 12.3. The molecule has 186 valence electrons. The molecule has 0 bridgehead atoms. The van der Waals surface area contributed by atoms with Gasteiger partial charge >= 0.3 is 35.3 Å². The molecule has 4 aromatic rings. The van der Waals surface area contributed by atoms with E-state index in [1.807, 2.05) is 43.3 Å². The molecule has 3 aromatic carbocycles. The second kappa shape index (κ2) is 13.3. The van der Waals surface area contributed by atoms with Crippen molar-refractivity contribution in [3.05, 3.63) is 110 Å². The molecular weight excluding hydrogens is 485 g/mol. The number of aryl methyl sites for hydroxylation is 1. The van der Waals surface area contributed by atoms with Crippen molar-refractivity contribution in [2.45, 2.75) is 20.1 Å². The van der Waals surface area contributed by atoms with Gasteiger partial charge < -0.3 is 24.3 Å². The first-order valence-corrected chi connectivity index (χ1v) is 11.4. The average Bonchev–Trinajstić information content (AvgIpc) is 3.20. The number of amides is 1. The Kier molecular flexibility index (Phi) is 10.1. The summed E-state index contributed by atoms with van der Waals surface area (Å²) in [6, 6.07) is 20.9. The van der Waals surface area contributed by atoms with Crippen LogP contribution in [0.15, 0.2) is 80.8 Å². The molecule has 1 amide bonds. The Bertz CT molecular complexity index is 1460. The Labute approximate surface area is 235 Å². The largest absolute Gasteiger partial charge is 1.00 e. The molecule has 1 N–H and O–H groups in total. The Morgan fingerprint density at radius 2 is 1.81 bits per heavy atom. The van der Waals surface area contributed by atoms with Crippen LogP contribution in [-0.2, 0) is 17.9 Å². The number of hydrogen-bond acceptors (Lipinski definition) is 6. The van der Waals surface area contributed by atoms with Gasteiger partial charge in [-0.3, -0.25) is 14.3 Å². The normalized spacial score (nSPS) is 10.5. The van der Waals surface area contributed by atoms with E-state index in [0.717, 1.165) is 32.6 Å². The van der Waals surface area contributed by atoms with E-state index in [9.17, 15) is 14.4 Å². The van der Waals surface area contributed by atoms with Crippen LogP contribution in [0.1, 0.15) is 27.0 Å². The minimum Gasteiger partial charge on any atom is -0.489 e. The fraction of sp³-hybridized carbons (Fsp3) is 0.222. The predicted molar refractivity (Wildman–Crippen MR) is 133 cm³/mol. The summed E-state index contributed by atoms with van der Waals surface area (Å²) in [5.74, 6) is -0.367. The zero-order valence-electron chi connectivity index (χ0n) is 21.0. The van der Waals surface area contributed by atoms with Crippen molar-refractivity contribution in [3.8, 4) is 16.9 Å². The van der Waals surface area contributed by atoms with Gasteiger partial charge in [0.1, 0.15) is 12.4 Å². The third-order valence-electron chi connectivity index (χ3n) is 5.56. The third-order valence-corrected chi connectivity index (χ3v) is 5.56. The van der Waals surface area contributed by atoms with Gasteiger partial charge in [-0.1, -0.05) is 36.4 Å². The molecule has 10 heteroatoms. The van der Waals surface area contributed by atoms with Gasteiger partial charge in [-0.25, -0.2) is 4.79 Å². The topological polar surface area (TPSA) is 114 Å². The Hall–Kier alpha value is -3.37. The number of benzene rings is 3. The van der Waals surface area contributed by atoms with E-state index in [2.05, 4.69) is 16.4 Å². The van der Waals surface area contributed by atoms with E-state index in [1.54, 1.807) is 31.4 Å². The molecule has 9 nitrogen and oxygen atoms in total. The maximum Gasteiger partial charge on any atom is 1.00 e. The maximum absolute atomic E-state index is 12.3. The van der Waals surface area contributed by atoms with Gasteiger partial charge in [0.2, 0.25) is 0 Å². The SMILES string of the molecule is COCCNC(=O)c1ccc(-c2cccc(COc3ccc(Cn4oc(=O)[n-]c4=O)cc3)c2)c(C)c1.[Na+]. The van der Waals surface area contributed by atoms with Gasteiger partial charge in [0.05, 0.1) is 6.61 Å². The van der Waals surface area contributed by atoms with Gasteiger partial charge in [-0.05, 0) is 65.1 Å². The van der Waals surface area contributed by atoms with E-state index < -0.39 is 11.4 Å². The second-order valence-corrected chi connectivity index (χ2v) is 8.20. The first kappa shape index (κ1) is 28.2. The van der Waals surface area contributed by atoms with Crippen LogP contribution in [0, 0.1) is 6.92 Å². The fourth-order valence-corrected chi connectivity index (χ4v) is 3.74. The van der Waals surface area contributed by atoms with Crippen LogP contribution < -0.4 is 56.0 Å². The van der Waals surface area contributed by atoms with Crippen LogP contribution in [-0.4, -0.2) is 30.9 Å². The molecule has 37 heavy (non-hydrogen) atoms. The van der Waals surface area contributed by atoms with Gasteiger partial charge in [-0.2, -0.15) is 0 Å². The summed E-state index contributed by atoms with van der Waals surface area (Å²) in [6.07, 6.45) is 0. The fourth-order valence-electron chi connectivity index (χ4n) is 3.74. The summed E-state index contributed by atoms with van der Waals surface area (Å²) in [6.45, 7) is 3.40. The molecule has 4 rings (SSSR count). The van der Waals surface area contributed by atoms with Crippen LogP contribution in [0.3, 0.4) is 0 Å². The third kappa shape index (κ3) is 7.56. The quantitative estimate of drug-likeness (QED) is 0.231. The summed E-state index contributed by atoms with van der Waals surface area (Å²) in [5.41, 5.74) is 4.73. The Morgan fingerprint density at radius 1 is 1.03 bits per heavy atom. The summed E-state index contributed by atoms with van der Waals surface area (Å²) in [7, 11) is 1.60. The van der Waals surface area contributed by atoms with Gasteiger partial charge in [-0.15, -0.1) is 0 Å². The molecule has 0 aliphatic carbocycles. The van der Waals surface area contributed by atoms with Crippen LogP contribution in [0.4, 0.5) is 0 Å². The van der Waals surface area contributed by atoms with E-state index in [-0.39, 0.29) is 42.0 Å². The second-order valence-electron chi connectivity index (χ2n) is 8.20. The van der Waals surface area contributed by atoms with Gasteiger partial charge in [0.25, 0.3) is 5.91 Å². The first-order valence-electron chi connectivity index (χ1n) is 11.4. The average molecular weight is 512 g/mol. The van der Waals surface area contributed by atoms with E-state index in [0.29, 0.717) is 31.1 Å². The number of carbonyl (C=O) groups is 1. The standard InChI is InChI=1S/C27H27N3O6.Na/c1-18-14-22(25(31)28-12-13-34-2)8-11-24(18)21-5-3-4-20(15-21)17-35-23-9-6-19(7-10-23)16-30-26(32)29-27(33)36-30;/h3-11,14-15H,12-13,16-17H2,1-2H3,(H2,28,29,31,32,33);/q;+1/p-1. The number of hydrogen-bond donors (Lipinski definition) is 1. The molecule has 0 aliphatic heterocycles. The van der Waals surface area contributed by atoms with Crippen LogP contribution in [0.5, 0.6) is 5.75 Å². The monoisotopic (exact) mass is 511 g/mol. The number of aromatic nitrogens is 2. The zero-order chi connectivity index (χ0) is 25.5. The number of ether oxygens (including phenoxy) is 2. The summed E-state index contributed by atoms with van der Waals surface area (Å²) in [5, 5.41) is 2.83. The Morgan fingerprint density at radius 3 is 2.49 bits per heavy atom. The molecule has 0 radical (unpaired) electrons. The van der Waals surface area contributed by atoms with Crippen molar-refractivity contribution in [3.63, 3.8) is 0 Å². The summed E-state index contributed by atoms with van der Waals surface area (Å²) < 4.78 is 16.5. The molecule has 1 aromatic heterocycles.